The van der Waals surface area contributed by atoms with Crippen LogP contribution in [0.2, 0.25) is 0 Å². The van der Waals surface area contributed by atoms with Crippen LogP contribution >= 0.6 is 0 Å². The molecule has 0 spiro atoms. The maximum atomic E-state index is 13.0. The van der Waals surface area contributed by atoms with Gasteiger partial charge >= 0.3 is 47.4 Å². The fourth-order valence-electron chi connectivity index (χ4n) is 2.53. The van der Waals surface area contributed by atoms with Crippen LogP contribution in [0.4, 0.5) is 0 Å². The highest BCUT2D eigenvalue weighted by Gasteiger charge is 2.52. The van der Waals surface area contributed by atoms with E-state index in [1.807, 2.05) is 0 Å². The molecule has 0 heterocycles. The first-order valence-electron chi connectivity index (χ1n) is 13.8. The maximum Gasteiger partial charge on any atom is 0.392 e. The van der Waals surface area contributed by atoms with Gasteiger partial charge < -0.3 is 69.3 Å². The van der Waals surface area contributed by atoms with Gasteiger partial charge in [-0.3, -0.25) is 14.4 Å². The van der Waals surface area contributed by atoms with Crippen LogP contribution in [0, 0.1) is 16.2 Å². The van der Waals surface area contributed by atoms with Gasteiger partial charge in [-0.05, 0) is 27.7 Å². The van der Waals surface area contributed by atoms with Crippen molar-refractivity contribution < 1.29 is 98.0 Å². The van der Waals surface area contributed by atoms with Crippen LogP contribution < -0.4 is 0 Å². The minimum Gasteiger partial charge on any atom is -0.456 e. The molecule has 0 aromatic rings. The van der Waals surface area contributed by atoms with E-state index < -0.39 is 129 Å². The topological polar surface area (TPSA) is 320 Å². The van der Waals surface area contributed by atoms with Crippen molar-refractivity contribution in [3.05, 3.63) is 0 Å². The van der Waals surface area contributed by atoms with Crippen molar-refractivity contribution in [3.63, 3.8) is 0 Å². The third-order valence-corrected chi connectivity index (χ3v) is 6.76. The first kappa shape index (κ1) is 43.5. The Labute approximate surface area is 268 Å². The minimum atomic E-state index is -3.03. The zero-order valence-electron chi connectivity index (χ0n) is 26.8. The molecule has 0 aromatic carbocycles. The number of hydrogen-bond donors (Lipinski definition) is 8. The van der Waals surface area contributed by atoms with Gasteiger partial charge in [-0.2, -0.15) is 0 Å². The lowest BCUT2D eigenvalue weighted by Crippen LogP contribution is -2.54. The number of aliphatic hydroxyl groups is 8. The van der Waals surface area contributed by atoms with Crippen molar-refractivity contribution in [1.82, 2.24) is 0 Å². The Bertz CT molecular complexity index is 1090. The lowest BCUT2D eigenvalue weighted by Gasteiger charge is -2.34. The number of carbonyl (C=O) groups excluding carboxylic acids is 6. The summed E-state index contributed by atoms with van der Waals surface area (Å²) in [4.78, 5) is 76.2. The average molecular weight is 689 g/mol. The van der Waals surface area contributed by atoms with Gasteiger partial charge in [-0.25, -0.2) is 14.4 Å². The molecular weight excluding hydrogens is 644 g/mol. The third-order valence-electron chi connectivity index (χ3n) is 6.76. The van der Waals surface area contributed by atoms with Gasteiger partial charge in [0.1, 0.15) is 29.5 Å². The Morgan fingerprint density at radius 3 is 0.851 bits per heavy atom. The molecule has 0 rings (SSSR count). The van der Waals surface area contributed by atoms with Gasteiger partial charge in [-0.1, -0.05) is 0 Å². The summed E-state index contributed by atoms with van der Waals surface area (Å²) in [6, 6.07) is 0. The summed E-state index contributed by atoms with van der Waals surface area (Å²) < 4.78 is 29.4. The Morgan fingerprint density at radius 1 is 0.404 bits per heavy atom. The van der Waals surface area contributed by atoms with Crippen LogP contribution in [0.5, 0.6) is 0 Å². The van der Waals surface area contributed by atoms with E-state index in [-0.39, 0.29) is 0 Å². The van der Waals surface area contributed by atoms with E-state index in [1.54, 1.807) is 0 Å². The number of ether oxygens (including phenoxy) is 6. The number of aliphatic hydroxyl groups excluding tert-OH is 7. The second-order valence-corrected chi connectivity index (χ2v) is 11.8. The molecule has 0 bridgehead atoms. The molecule has 0 saturated carbocycles. The molecule has 0 saturated heterocycles. The van der Waals surface area contributed by atoms with Crippen LogP contribution in [0.15, 0.2) is 0 Å². The predicted molar refractivity (Wildman–Crippen MR) is 148 cm³/mol. The zero-order valence-corrected chi connectivity index (χ0v) is 26.8. The Kier molecular flexibility index (Phi) is 15.8. The summed E-state index contributed by atoms with van der Waals surface area (Å²) in [6.45, 7) is -3.73. The molecule has 272 valence electrons. The number of esters is 6. The summed E-state index contributed by atoms with van der Waals surface area (Å²) in [7, 11) is 0. The molecule has 47 heavy (non-hydrogen) atoms. The highest BCUT2D eigenvalue weighted by molar-refractivity contribution is 5.89. The van der Waals surface area contributed by atoms with E-state index in [1.165, 1.54) is 0 Å². The number of rotatable bonds is 20. The molecule has 0 aliphatic rings. The van der Waals surface area contributed by atoms with Crippen LogP contribution in [-0.4, -0.2) is 153 Å². The van der Waals surface area contributed by atoms with Crippen molar-refractivity contribution in [1.29, 1.82) is 0 Å². The molecule has 0 radical (unpaired) electrons. The SMILES string of the molecule is CC(O)(CO)C(=O)OC(C)(OC(=O)C(C)(CO)CO)C(=O)OCCOC(=O)C(C)(OC(=O)C(C)(CO)CO)OC(=O)C(C)(CO)CO. The van der Waals surface area contributed by atoms with Crippen molar-refractivity contribution in [2.24, 2.45) is 16.2 Å². The van der Waals surface area contributed by atoms with Crippen molar-refractivity contribution in [2.75, 3.05) is 59.5 Å². The molecule has 2 atom stereocenters. The van der Waals surface area contributed by atoms with Crippen molar-refractivity contribution in [3.8, 4) is 0 Å². The highest BCUT2D eigenvalue weighted by atomic mass is 16.8. The van der Waals surface area contributed by atoms with Crippen LogP contribution in [-0.2, 0) is 57.2 Å². The van der Waals surface area contributed by atoms with Gasteiger partial charge in [0.15, 0.2) is 5.60 Å². The number of carbonyl (C=O) groups is 6. The van der Waals surface area contributed by atoms with E-state index in [0.29, 0.717) is 13.8 Å². The Hall–Kier alpha value is -3.50. The molecule has 0 amide bonds. The fourth-order valence-corrected chi connectivity index (χ4v) is 2.53. The second-order valence-electron chi connectivity index (χ2n) is 11.8. The summed E-state index contributed by atoms with van der Waals surface area (Å²) in [5.74, 6) is -15.4. The largest absolute Gasteiger partial charge is 0.456 e. The smallest absolute Gasteiger partial charge is 0.392 e. The number of hydrogen-bond acceptors (Lipinski definition) is 20. The van der Waals surface area contributed by atoms with E-state index in [9.17, 15) is 69.6 Å². The quantitative estimate of drug-likeness (QED) is 0.0258. The molecule has 0 aliphatic heterocycles. The molecule has 0 aliphatic carbocycles. The van der Waals surface area contributed by atoms with Crippen LogP contribution in [0.25, 0.3) is 0 Å². The van der Waals surface area contributed by atoms with E-state index in [0.717, 1.165) is 27.7 Å². The first-order valence-corrected chi connectivity index (χ1v) is 13.8. The first-order chi connectivity index (χ1) is 21.5. The normalized spacial score (nSPS) is 14.9. The molecule has 20 nitrogen and oxygen atoms in total. The van der Waals surface area contributed by atoms with Gasteiger partial charge in [0, 0.05) is 13.8 Å². The predicted octanol–water partition coefficient (Wildman–Crippen LogP) is -4.61. The highest BCUT2D eigenvalue weighted by Crippen LogP contribution is 2.28. The average Bonchev–Trinajstić information content (AvgIpc) is 3.04. The lowest BCUT2D eigenvalue weighted by atomic mass is 9.93. The fraction of sp³-hybridized carbons (Fsp3) is 0.778. The molecule has 2 unspecified atom stereocenters. The molecule has 0 aromatic heterocycles. The standard InChI is InChI=1S/C27H44O20/c1-22(9-28,10-29)16(35)44-26(5,45-17(36)23(2,11-30)12-31)20(39)42-7-8-43-21(40)27(6,47-19(38)25(4,41)15-34)46-18(37)24(3,13-32)14-33/h28-34,41H,7-15H2,1-6H3. The van der Waals surface area contributed by atoms with Crippen LogP contribution in [0.3, 0.4) is 0 Å². The summed E-state index contributed by atoms with van der Waals surface area (Å²) in [5.41, 5.74) is -8.65. The molecule has 8 N–H and O–H groups in total. The molecule has 20 heteroatoms. The summed E-state index contributed by atoms with van der Waals surface area (Å²) in [6.07, 6.45) is 0. The molecular formula is C27H44O20. The Balaban J connectivity index is 6.09. The molecule has 0 fully saturated rings. The zero-order chi connectivity index (χ0) is 37.1. The van der Waals surface area contributed by atoms with Gasteiger partial charge in [0.2, 0.25) is 0 Å². The van der Waals surface area contributed by atoms with Crippen molar-refractivity contribution in [2.45, 2.75) is 58.7 Å². The summed E-state index contributed by atoms with van der Waals surface area (Å²) in [5, 5.41) is 76.1. The Morgan fingerprint density at radius 2 is 0.638 bits per heavy atom. The second kappa shape index (κ2) is 17.1. The van der Waals surface area contributed by atoms with Gasteiger partial charge in [0.25, 0.3) is 0 Å². The summed E-state index contributed by atoms with van der Waals surface area (Å²) >= 11 is 0. The van der Waals surface area contributed by atoms with E-state index >= 15 is 0 Å². The van der Waals surface area contributed by atoms with Crippen molar-refractivity contribution >= 4 is 35.8 Å². The van der Waals surface area contributed by atoms with Gasteiger partial charge in [0.05, 0.1) is 46.2 Å². The lowest BCUT2D eigenvalue weighted by molar-refractivity contribution is -0.251. The monoisotopic (exact) mass is 688 g/mol. The minimum absolute atomic E-state index is 0.675. The van der Waals surface area contributed by atoms with E-state index in [4.69, 9.17) is 28.4 Å². The maximum absolute atomic E-state index is 13.0. The van der Waals surface area contributed by atoms with E-state index in [2.05, 4.69) is 0 Å². The third kappa shape index (κ3) is 10.8. The van der Waals surface area contributed by atoms with Crippen LogP contribution in [0.1, 0.15) is 41.5 Å². The van der Waals surface area contributed by atoms with Gasteiger partial charge in [-0.15, -0.1) is 0 Å².